The molecule has 0 aliphatic heterocycles. The lowest BCUT2D eigenvalue weighted by Crippen LogP contribution is -2.30. The summed E-state index contributed by atoms with van der Waals surface area (Å²) in [6, 6.07) is 30.1. The van der Waals surface area contributed by atoms with Crippen LogP contribution in [0, 0.1) is 6.92 Å². The molecule has 0 aliphatic carbocycles. The Morgan fingerprint density at radius 2 is 0.882 bits per heavy atom. The highest BCUT2D eigenvalue weighted by Gasteiger charge is 2.40. The minimum Gasteiger partial charge on any atom is -0.744 e. The molecular weight excluding hydrogens is 530 g/mol. The van der Waals surface area contributed by atoms with E-state index in [0.717, 1.165) is 20.6 Å². The van der Waals surface area contributed by atoms with Gasteiger partial charge in [0, 0.05) is 15.1 Å². The van der Waals surface area contributed by atoms with E-state index in [2.05, 4.69) is 43.1 Å². The molecule has 0 aromatic heterocycles. The van der Waals surface area contributed by atoms with Gasteiger partial charge < -0.3 is 4.55 Å². The van der Waals surface area contributed by atoms with Crippen molar-refractivity contribution in [3.63, 3.8) is 0 Å². The van der Waals surface area contributed by atoms with Crippen LogP contribution in [0.2, 0.25) is 15.1 Å². The Morgan fingerprint density at radius 1 is 0.588 bits per heavy atom. The molecule has 0 unspecified atom stereocenters. The lowest BCUT2D eigenvalue weighted by atomic mass is 10.2. The van der Waals surface area contributed by atoms with Crippen LogP contribution in [0.1, 0.15) is 5.56 Å². The molecule has 0 bridgehead atoms. The van der Waals surface area contributed by atoms with Crippen LogP contribution in [0.4, 0.5) is 0 Å². The Balaban J connectivity index is 0.000000248. The second-order valence-electron chi connectivity index (χ2n) is 7.70. The van der Waals surface area contributed by atoms with Gasteiger partial charge in [0.05, 0.1) is 11.6 Å². The number of hydrogen-bond acceptors (Lipinski definition) is 3. The predicted molar refractivity (Wildman–Crippen MR) is 145 cm³/mol. The number of halogens is 3. The third kappa shape index (κ3) is 6.60. The maximum atomic E-state index is 10.4. The van der Waals surface area contributed by atoms with Crippen molar-refractivity contribution in [3.05, 3.63) is 118 Å². The van der Waals surface area contributed by atoms with E-state index in [4.69, 9.17) is 34.8 Å². The fraction of sp³-hybridized carbons (Fsp3) is 0.0769. The predicted octanol–water partition coefficient (Wildman–Crippen LogP) is 6.47. The molecule has 0 spiro atoms. The molecule has 4 aromatic carbocycles. The zero-order valence-electron chi connectivity index (χ0n) is 18.5. The van der Waals surface area contributed by atoms with Crippen LogP contribution >= 0.6 is 42.1 Å². The maximum Gasteiger partial charge on any atom is 0.124 e. The largest absolute Gasteiger partial charge is 0.744 e. The maximum absolute atomic E-state index is 10.4. The van der Waals surface area contributed by atoms with Crippen molar-refractivity contribution in [2.75, 3.05) is 6.66 Å². The van der Waals surface area contributed by atoms with E-state index in [0.29, 0.717) is 0 Å². The Bertz CT molecular complexity index is 1230. The molecule has 0 amide bonds. The molecule has 3 nitrogen and oxygen atoms in total. The van der Waals surface area contributed by atoms with Crippen molar-refractivity contribution in [1.82, 2.24) is 0 Å². The first-order chi connectivity index (χ1) is 16.0. The quantitative estimate of drug-likeness (QED) is 0.216. The highest BCUT2D eigenvalue weighted by molar-refractivity contribution is 7.95. The highest BCUT2D eigenvalue weighted by Crippen LogP contribution is 2.51. The minimum absolute atomic E-state index is 0.178. The van der Waals surface area contributed by atoms with Gasteiger partial charge >= 0.3 is 0 Å². The van der Waals surface area contributed by atoms with Crippen molar-refractivity contribution in [2.24, 2.45) is 0 Å². The van der Waals surface area contributed by atoms with Crippen LogP contribution in [0.25, 0.3) is 0 Å². The summed E-state index contributed by atoms with van der Waals surface area (Å²) in [6.07, 6.45) is 0. The second-order valence-corrected chi connectivity index (χ2v) is 14.0. The molecule has 0 radical (unpaired) electrons. The van der Waals surface area contributed by atoms with Crippen LogP contribution < -0.4 is 15.9 Å². The molecule has 0 fully saturated rings. The van der Waals surface area contributed by atoms with Gasteiger partial charge in [-0.15, -0.1) is 0 Å². The minimum atomic E-state index is -4.27. The molecule has 176 valence electrons. The van der Waals surface area contributed by atoms with Gasteiger partial charge in [0.2, 0.25) is 0 Å². The summed E-state index contributed by atoms with van der Waals surface area (Å²) in [5.74, 6) is 0. The summed E-state index contributed by atoms with van der Waals surface area (Å²) in [5, 5.41) is 6.04. The SMILES string of the molecule is C[P+](c1ccc(Cl)cc1)(c1ccc(Cl)cc1)c1ccc(Cl)cc1.Cc1ccc(S(=O)(=O)[O-])cc1. The Labute approximate surface area is 216 Å². The van der Waals surface area contributed by atoms with Gasteiger partial charge in [-0.1, -0.05) is 52.5 Å². The standard InChI is InChI=1S/C19H15Cl3P.C7H8O3S/c1-23(17-8-2-14(20)3-9-17,18-10-4-15(21)5-11-18)19-12-6-16(22)7-13-19;1-6-2-4-7(5-3-6)11(8,9)10/h2-13H,1H3;2-5H,1H3,(H,8,9,10)/q+1;/p-1. The Hall–Kier alpha value is -1.91. The van der Waals surface area contributed by atoms with Crippen LogP contribution in [-0.4, -0.2) is 19.6 Å². The first-order valence-corrected chi connectivity index (χ1v) is 15.0. The van der Waals surface area contributed by atoms with Crippen molar-refractivity contribution in [2.45, 2.75) is 11.8 Å². The van der Waals surface area contributed by atoms with Crippen molar-refractivity contribution < 1.29 is 13.0 Å². The van der Waals surface area contributed by atoms with Gasteiger partial charge in [-0.2, -0.15) is 0 Å². The van der Waals surface area contributed by atoms with E-state index < -0.39 is 17.4 Å². The van der Waals surface area contributed by atoms with E-state index in [9.17, 15) is 13.0 Å². The molecule has 4 aromatic rings. The number of rotatable bonds is 4. The second kappa shape index (κ2) is 11.2. The van der Waals surface area contributed by atoms with Crippen molar-refractivity contribution in [1.29, 1.82) is 0 Å². The summed E-state index contributed by atoms with van der Waals surface area (Å²) in [6.45, 7) is 4.13. The number of hydrogen-bond donors (Lipinski definition) is 0. The molecule has 0 heterocycles. The summed E-state index contributed by atoms with van der Waals surface area (Å²) in [7, 11) is -6.03. The zero-order valence-corrected chi connectivity index (χ0v) is 22.4. The van der Waals surface area contributed by atoms with Gasteiger partial charge in [-0.25, -0.2) is 8.42 Å². The molecule has 4 rings (SSSR count). The number of aryl methyl sites for hydroxylation is 1. The Morgan fingerprint density at radius 3 is 1.15 bits per heavy atom. The van der Waals surface area contributed by atoms with Gasteiger partial charge in [-0.3, -0.25) is 0 Å². The summed E-state index contributed by atoms with van der Waals surface area (Å²) in [5.41, 5.74) is 0.928. The average Bonchev–Trinajstić information content (AvgIpc) is 2.80. The summed E-state index contributed by atoms with van der Waals surface area (Å²) < 4.78 is 31.2. The third-order valence-corrected chi connectivity index (χ3v) is 10.9. The zero-order chi connectivity index (χ0) is 24.9. The van der Waals surface area contributed by atoms with Crippen LogP contribution in [0.15, 0.2) is 102 Å². The van der Waals surface area contributed by atoms with Crippen LogP contribution in [-0.2, 0) is 10.1 Å². The van der Waals surface area contributed by atoms with Crippen LogP contribution in [0.3, 0.4) is 0 Å². The molecular formula is C26H22Cl3O3PS. The van der Waals surface area contributed by atoms with E-state index in [1.54, 1.807) is 12.1 Å². The van der Waals surface area contributed by atoms with Crippen molar-refractivity contribution >= 4 is 68.1 Å². The smallest absolute Gasteiger partial charge is 0.124 e. The van der Waals surface area contributed by atoms with Crippen LogP contribution in [0.5, 0.6) is 0 Å². The average molecular weight is 552 g/mol. The van der Waals surface area contributed by atoms with Crippen molar-refractivity contribution in [3.8, 4) is 0 Å². The lowest BCUT2D eigenvalue weighted by Gasteiger charge is -2.23. The fourth-order valence-corrected chi connectivity index (χ4v) is 7.35. The van der Waals surface area contributed by atoms with E-state index >= 15 is 0 Å². The molecule has 0 aliphatic rings. The van der Waals surface area contributed by atoms with Gasteiger partial charge in [0.1, 0.15) is 33.3 Å². The monoisotopic (exact) mass is 550 g/mol. The highest BCUT2D eigenvalue weighted by atomic mass is 35.5. The first-order valence-electron chi connectivity index (χ1n) is 10.2. The Kier molecular flexibility index (Phi) is 8.81. The summed E-state index contributed by atoms with van der Waals surface area (Å²) >= 11 is 18.2. The lowest BCUT2D eigenvalue weighted by molar-refractivity contribution is 0.463. The summed E-state index contributed by atoms with van der Waals surface area (Å²) in [4.78, 5) is -0.178. The fourth-order valence-electron chi connectivity index (χ4n) is 3.37. The molecule has 8 heteroatoms. The topological polar surface area (TPSA) is 57.2 Å². The number of benzene rings is 4. The molecule has 0 saturated carbocycles. The molecule has 0 atom stereocenters. The normalized spacial score (nSPS) is 11.5. The van der Waals surface area contributed by atoms with E-state index in [-0.39, 0.29) is 4.90 Å². The van der Waals surface area contributed by atoms with Gasteiger partial charge in [-0.05, 0) is 91.9 Å². The third-order valence-electron chi connectivity index (χ3n) is 5.34. The molecule has 0 N–H and O–H groups in total. The molecule has 34 heavy (non-hydrogen) atoms. The van der Waals surface area contributed by atoms with E-state index in [1.165, 1.54) is 28.0 Å². The first kappa shape index (κ1) is 26.7. The van der Waals surface area contributed by atoms with E-state index in [1.807, 2.05) is 43.3 Å². The molecule has 0 saturated heterocycles. The van der Waals surface area contributed by atoms with Gasteiger partial charge in [0.25, 0.3) is 0 Å². The van der Waals surface area contributed by atoms with Gasteiger partial charge in [0.15, 0.2) is 0 Å².